The van der Waals surface area contributed by atoms with Crippen LogP contribution in [0.5, 0.6) is 23.0 Å². The average Bonchev–Trinajstić information content (AvgIpc) is 3.17. The quantitative estimate of drug-likeness (QED) is 0.474. The van der Waals surface area contributed by atoms with Gasteiger partial charge in [0.15, 0.2) is 16.3 Å². The van der Waals surface area contributed by atoms with Crippen LogP contribution >= 0.6 is 11.3 Å². The van der Waals surface area contributed by atoms with Gasteiger partial charge in [-0.1, -0.05) is 23.5 Å². The fourth-order valence-electron chi connectivity index (χ4n) is 4.11. The maximum atomic E-state index is 13.8. The molecule has 2 aromatic carbocycles. The third-order valence-electron chi connectivity index (χ3n) is 5.82. The molecule has 0 aliphatic carbocycles. The molecule has 1 aromatic heterocycles. The predicted molar refractivity (Wildman–Crippen MR) is 139 cm³/mol. The number of carbonyl (C=O) groups excluding carboxylic acids is 1. The lowest BCUT2D eigenvalue weighted by atomic mass is 9.96. The fraction of sp³-hybridized carbons (Fsp3) is 0.296. The number of aromatic nitrogens is 1. The molecule has 10 heteroatoms. The maximum absolute atomic E-state index is 13.8. The Labute approximate surface area is 217 Å². The average molecular weight is 525 g/mol. The van der Waals surface area contributed by atoms with Gasteiger partial charge in [-0.25, -0.2) is 9.79 Å². The number of phenols is 1. The molecule has 1 aliphatic rings. The van der Waals surface area contributed by atoms with Gasteiger partial charge in [-0.3, -0.25) is 9.36 Å². The summed E-state index contributed by atoms with van der Waals surface area (Å²) >= 11 is 1.20. The van der Waals surface area contributed by atoms with Crippen molar-refractivity contribution < 1.29 is 28.8 Å². The highest BCUT2D eigenvalue weighted by atomic mass is 32.1. The van der Waals surface area contributed by atoms with E-state index in [1.54, 1.807) is 58.2 Å². The number of fused-ring (bicyclic) bond motifs is 1. The lowest BCUT2D eigenvalue weighted by Crippen LogP contribution is -2.40. The second-order valence-corrected chi connectivity index (χ2v) is 9.59. The number of nitrogens with zero attached hydrogens (tertiary/aromatic N) is 2. The Morgan fingerprint density at radius 3 is 2.24 bits per heavy atom. The first-order chi connectivity index (χ1) is 17.7. The van der Waals surface area contributed by atoms with E-state index in [-0.39, 0.29) is 28.9 Å². The molecule has 0 saturated heterocycles. The molecule has 0 spiro atoms. The number of methoxy groups -OCH3 is 3. The number of benzene rings is 2. The van der Waals surface area contributed by atoms with Gasteiger partial charge in [-0.05, 0) is 62.2 Å². The Kier molecular flexibility index (Phi) is 7.40. The summed E-state index contributed by atoms with van der Waals surface area (Å²) in [7, 11) is 4.43. The van der Waals surface area contributed by atoms with Gasteiger partial charge in [0.25, 0.3) is 5.56 Å². The summed E-state index contributed by atoms with van der Waals surface area (Å²) < 4.78 is 23.2. The smallest absolute Gasteiger partial charge is 0.338 e. The summed E-state index contributed by atoms with van der Waals surface area (Å²) in [5.41, 5.74) is 1.76. The van der Waals surface area contributed by atoms with Gasteiger partial charge in [0.05, 0.1) is 49.3 Å². The molecule has 0 unspecified atom stereocenters. The standard InChI is InChI=1S/C27H28N2O7S/c1-14(2)36-26(32)22-15(3)28-27-29(23(22)17-7-9-18(33-4)10-8-17)25(31)21(37-27)13-16-11-19(34-5)24(30)20(12-16)35-6/h7-14,23,30H,1-6H3/b21-13+/t23-/m1/s1. The van der Waals surface area contributed by atoms with Crippen LogP contribution in [0.15, 0.2) is 57.5 Å². The number of carbonyl (C=O) groups is 1. The molecule has 9 nitrogen and oxygen atoms in total. The molecule has 4 rings (SSSR count). The first-order valence-electron chi connectivity index (χ1n) is 11.5. The molecule has 1 aliphatic heterocycles. The van der Waals surface area contributed by atoms with Crippen molar-refractivity contribution in [2.45, 2.75) is 32.9 Å². The van der Waals surface area contributed by atoms with Crippen molar-refractivity contribution in [3.05, 3.63) is 78.5 Å². The number of aromatic hydroxyl groups is 1. The Morgan fingerprint density at radius 1 is 1.08 bits per heavy atom. The molecule has 0 amide bonds. The normalized spacial score (nSPS) is 15.3. The number of phenolic OH excluding ortho intramolecular Hbond substituents is 1. The summed E-state index contributed by atoms with van der Waals surface area (Å²) in [6.07, 6.45) is 1.33. The van der Waals surface area contributed by atoms with Gasteiger partial charge in [-0.15, -0.1) is 0 Å². The van der Waals surface area contributed by atoms with Crippen LogP contribution in [-0.4, -0.2) is 43.1 Å². The summed E-state index contributed by atoms with van der Waals surface area (Å²) in [5.74, 6) is 0.415. The minimum atomic E-state index is -0.737. The molecule has 1 atom stereocenters. The summed E-state index contributed by atoms with van der Waals surface area (Å²) in [6, 6.07) is 9.66. The third kappa shape index (κ3) is 4.97. The Morgan fingerprint density at radius 2 is 1.70 bits per heavy atom. The molecule has 1 N–H and O–H groups in total. The van der Waals surface area contributed by atoms with E-state index in [2.05, 4.69) is 4.99 Å². The topological polar surface area (TPSA) is 109 Å². The predicted octanol–water partition coefficient (Wildman–Crippen LogP) is 2.92. The highest BCUT2D eigenvalue weighted by Gasteiger charge is 2.33. The Hall–Kier alpha value is -4.05. The van der Waals surface area contributed by atoms with Crippen LogP contribution in [0, 0.1) is 0 Å². The van der Waals surface area contributed by atoms with E-state index >= 15 is 0 Å². The monoisotopic (exact) mass is 524 g/mol. The first kappa shape index (κ1) is 26.0. The minimum absolute atomic E-state index is 0.132. The van der Waals surface area contributed by atoms with E-state index in [4.69, 9.17) is 18.9 Å². The number of hydrogen-bond acceptors (Lipinski definition) is 9. The molecule has 0 bridgehead atoms. The first-order valence-corrected chi connectivity index (χ1v) is 12.3. The second-order valence-electron chi connectivity index (χ2n) is 8.58. The fourth-order valence-corrected chi connectivity index (χ4v) is 5.16. The lowest BCUT2D eigenvalue weighted by molar-refractivity contribution is -0.143. The second kappa shape index (κ2) is 10.5. The van der Waals surface area contributed by atoms with E-state index in [0.717, 1.165) is 0 Å². The van der Waals surface area contributed by atoms with E-state index in [1.165, 1.54) is 30.1 Å². The molecule has 3 aromatic rings. The molecule has 37 heavy (non-hydrogen) atoms. The number of rotatable bonds is 7. The molecular weight excluding hydrogens is 496 g/mol. The van der Waals surface area contributed by atoms with Crippen molar-refractivity contribution >= 4 is 23.4 Å². The zero-order valence-corrected chi connectivity index (χ0v) is 22.2. The van der Waals surface area contributed by atoms with E-state index in [9.17, 15) is 14.7 Å². The van der Waals surface area contributed by atoms with Crippen molar-refractivity contribution in [1.29, 1.82) is 0 Å². The molecular formula is C27H28N2O7S. The van der Waals surface area contributed by atoms with Crippen molar-refractivity contribution in [3.8, 4) is 23.0 Å². The van der Waals surface area contributed by atoms with Crippen molar-refractivity contribution in [3.63, 3.8) is 0 Å². The van der Waals surface area contributed by atoms with Gasteiger partial charge in [0.1, 0.15) is 5.75 Å². The van der Waals surface area contributed by atoms with Gasteiger partial charge < -0.3 is 24.1 Å². The number of ether oxygens (including phenoxy) is 4. The highest BCUT2D eigenvalue weighted by molar-refractivity contribution is 7.07. The van der Waals surface area contributed by atoms with E-state index in [1.807, 2.05) is 12.1 Å². The van der Waals surface area contributed by atoms with Crippen LogP contribution in [0.25, 0.3) is 6.08 Å². The van der Waals surface area contributed by atoms with E-state index < -0.39 is 12.0 Å². The van der Waals surface area contributed by atoms with Crippen molar-refractivity contribution in [1.82, 2.24) is 4.57 Å². The summed E-state index contributed by atoms with van der Waals surface area (Å²) in [5, 5.41) is 10.2. The van der Waals surface area contributed by atoms with Crippen LogP contribution in [0.2, 0.25) is 0 Å². The van der Waals surface area contributed by atoms with Crippen LogP contribution in [-0.2, 0) is 9.53 Å². The molecule has 194 valence electrons. The summed E-state index contributed by atoms with van der Waals surface area (Å²) in [4.78, 5) is 32.0. The van der Waals surface area contributed by atoms with Crippen LogP contribution in [0.1, 0.15) is 37.9 Å². The van der Waals surface area contributed by atoms with Gasteiger partial charge in [-0.2, -0.15) is 0 Å². The number of allylic oxidation sites excluding steroid dienone is 1. The minimum Gasteiger partial charge on any atom is -0.502 e. The lowest BCUT2D eigenvalue weighted by Gasteiger charge is -2.25. The SMILES string of the molecule is COc1ccc([C@@H]2C(C(=O)OC(C)C)=C(C)N=c3s/c(=C/c4cc(OC)c(O)c(OC)c4)c(=O)n32)cc1. The summed E-state index contributed by atoms with van der Waals surface area (Å²) in [6.45, 7) is 5.28. The van der Waals surface area contributed by atoms with Crippen molar-refractivity contribution in [2.75, 3.05) is 21.3 Å². The van der Waals surface area contributed by atoms with Crippen LogP contribution < -0.4 is 29.1 Å². The number of hydrogen-bond donors (Lipinski definition) is 1. The van der Waals surface area contributed by atoms with Crippen LogP contribution in [0.4, 0.5) is 0 Å². The number of thiazole rings is 1. The molecule has 0 radical (unpaired) electrons. The molecule has 2 heterocycles. The molecule has 0 fully saturated rings. The largest absolute Gasteiger partial charge is 0.502 e. The number of esters is 1. The highest BCUT2D eigenvalue weighted by Crippen LogP contribution is 2.37. The van der Waals surface area contributed by atoms with E-state index in [0.29, 0.717) is 37.5 Å². The van der Waals surface area contributed by atoms with Gasteiger partial charge in [0.2, 0.25) is 5.75 Å². The maximum Gasteiger partial charge on any atom is 0.338 e. The van der Waals surface area contributed by atoms with Crippen molar-refractivity contribution in [2.24, 2.45) is 4.99 Å². The zero-order chi connectivity index (χ0) is 26.9. The Balaban J connectivity index is 1.94. The van der Waals surface area contributed by atoms with Crippen LogP contribution in [0.3, 0.4) is 0 Å². The molecule has 0 saturated carbocycles. The van der Waals surface area contributed by atoms with Gasteiger partial charge in [0, 0.05) is 0 Å². The van der Waals surface area contributed by atoms with Gasteiger partial charge >= 0.3 is 5.97 Å². The Bertz CT molecular complexity index is 1520. The third-order valence-corrected chi connectivity index (χ3v) is 6.80. The zero-order valence-electron chi connectivity index (χ0n) is 21.4.